The van der Waals surface area contributed by atoms with E-state index in [9.17, 15) is 30.6 Å². The summed E-state index contributed by atoms with van der Waals surface area (Å²) >= 11 is 0. The molecule has 6 heteroatoms. The Morgan fingerprint density at radius 1 is 1.00 bits per heavy atom. The fourth-order valence-corrected chi connectivity index (χ4v) is 7.19. The van der Waals surface area contributed by atoms with Crippen LogP contribution in [0, 0.1) is 22.7 Å². The van der Waals surface area contributed by atoms with E-state index < -0.39 is 51.9 Å². The molecule has 148 valence electrons. The molecule has 6 nitrogen and oxygen atoms in total. The first kappa shape index (κ1) is 18.8. The number of aliphatic hydroxyl groups is 6. The third kappa shape index (κ3) is 1.75. The van der Waals surface area contributed by atoms with Crippen molar-refractivity contribution in [1.82, 2.24) is 0 Å². The summed E-state index contributed by atoms with van der Waals surface area (Å²) in [5.74, 6) is -1.06. The maximum absolute atomic E-state index is 11.8. The van der Waals surface area contributed by atoms with Crippen LogP contribution in [0.4, 0.5) is 0 Å². The van der Waals surface area contributed by atoms with Gasteiger partial charge < -0.3 is 30.6 Å². The molecule has 0 aliphatic heterocycles. The molecule has 4 saturated carbocycles. The van der Waals surface area contributed by atoms with Crippen molar-refractivity contribution in [3.05, 3.63) is 12.2 Å². The monoisotopic (exact) mass is 368 g/mol. The van der Waals surface area contributed by atoms with E-state index in [0.29, 0.717) is 18.4 Å². The van der Waals surface area contributed by atoms with Gasteiger partial charge in [-0.15, -0.1) is 0 Å². The lowest BCUT2D eigenvalue weighted by molar-refractivity contribution is -0.185. The van der Waals surface area contributed by atoms with Crippen LogP contribution in [0.15, 0.2) is 12.2 Å². The SMILES string of the molecule is C=C1[C@@H]2C[C@H](O)C(C)(C)[C@@]2(O)[C@H](O)C[C@]23C[C@@](C)(O)[C@H](CC[C@]12O)[C@H]3O. The Kier molecular flexibility index (Phi) is 3.56. The van der Waals surface area contributed by atoms with Crippen LogP contribution in [0.3, 0.4) is 0 Å². The van der Waals surface area contributed by atoms with Gasteiger partial charge in [0.1, 0.15) is 5.60 Å². The minimum absolute atomic E-state index is 0.0422. The van der Waals surface area contributed by atoms with Crippen molar-refractivity contribution in [3.63, 3.8) is 0 Å². The van der Waals surface area contributed by atoms with Gasteiger partial charge in [-0.3, -0.25) is 0 Å². The van der Waals surface area contributed by atoms with Crippen LogP contribution in [0.2, 0.25) is 0 Å². The molecule has 0 aromatic carbocycles. The first-order valence-corrected chi connectivity index (χ1v) is 9.66. The molecule has 4 aliphatic rings. The molecule has 0 aromatic rings. The zero-order chi connectivity index (χ0) is 19.5. The third-order valence-corrected chi connectivity index (χ3v) is 8.93. The largest absolute Gasteiger partial charge is 0.392 e. The molecule has 1 spiro atoms. The number of hydrogen-bond donors (Lipinski definition) is 6. The van der Waals surface area contributed by atoms with E-state index in [0.717, 1.165) is 0 Å². The minimum atomic E-state index is -1.66. The number of aliphatic hydroxyl groups excluding tert-OH is 3. The molecule has 6 N–H and O–H groups in total. The average Bonchev–Trinajstić information content (AvgIpc) is 2.77. The molecule has 0 unspecified atom stereocenters. The summed E-state index contributed by atoms with van der Waals surface area (Å²) in [6.07, 6.45) is -2.02. The van der Waals surface area contributed by atoms with E-state index >= 15 is 0 Å². The number of hydrogen-bond acceptors (Lipinski definition) is 6. The van der Waals surface area contributed by atoms with E-state index in [1.54, 1.807) is 20.8 Å². The molecule has 0 saturated heterocycles. The Morgan fingerprint density at radius 2 is 1.62 bits per heavy atom. The van der Waals surface area contributed by atoms with Crippen LogP contribution < -0.4 is 0 Å². The molecule has 4 fully saturated rings. The van der Waals surface area contributed by atoms with Crippen molar-refractivity contribution in [2.45, 2.75) is 88.0 Å². The third-order valence-electron chi connectivity index (χ3n) is 8.93. The second kappa shape index (κ2) is 4.91. The van der Waals surface area contributed by atoms with E-state index in [2.05, 4.69) is 6.58 Å². The predicted molar refractivity (Wildman–Crippen MR) is 94.0 cm³/mol. The molecule has 0 aromatic heterocycles. The van der Waals surface area contributed by atoms with Crippen molar-refractivity contribution < 1.29 is 30.6 Å². The lowest BCUT2D eigenvalue weighted by Crippen LogP contribution is -2.58. The van der Waals surface area contributed by atoms with Gasteiger partial charge in [0.15, 0.2) is 0 Å². The summed E-state index contributed by atoms with van der Waals surface area (Å²) in [6, 6.07) is 0. The number of fused-ring (bicyclic) bond motifs is 2. The summed E-state index contributed by atoms with van der Waals surface area (Å²) in [7, 11) is 0. The Labute approximate surface area is 154 Å². The van der Waals surface area contributed by atoms with Crippen LogP contribution in [0.5, 0.6) is 0 Å². The summed E-state index contributed by atoms with van der Waals surface area (Å²) in [5, 5.41) is 67.0. The van der Waals surface area contributed by atoms with Crippen LogP contribution in [0.25, 0.3) is 0 Å². The van der Waals surface area contributed by atoms with E-state index in [1.807, 2.05) is 0 Å². The Balaban J connectivity index is 1.91. The van der Waals surface area contributed by atoms with Gasteiger partial charge in [0.05, 0.1) is 29.5 Å². The maximum Gasteiger partial charge on any atom is 0.105 e. The fourth-order valence-electron chi connectivity index (χ4n) is 7.19. The average molecular weight is 368 g/mol. The summed E-state index contributed by atoms with van der Waals surface area (Å²) in [6.45, 7) is 9.23. The minimum Gasteiger partial charge on any atom is -0.392 e. The van der Waals surface area contributed by atoms with Gasteiger partial charge in [-0.1, -0.05) is 20.4 Å². The summed E-state index contributed by atoms with van der Waals surface area (Å²) < 4.78 is 0. The molecule has 9 atom stereocenters. The van der Waals surface area contributed by atoms with Crippen molar-refractivity contribution in [1.29, 1.82) is 0 Å². The zero-order valence-electron chi connectivity index (χ0n) is 15.8. The molecule has 26 heavy (non-hydrogen) atoms. The number of rotatable bonds is 0. The highest BCUT2D eigenvalue weighted by molar-refractivity contribution is 5.37. The van der Waals surface area contributed by atoms with Crippen LogP contribution >= 0.6 is 0 Å². The van der Waals surface area contributed by atoms with Crippen LogP contribution in [0.1, 0.15) is 52.9 Å². The highest BCUT2D eigenvalue weighted by Gasteiger charge is 2.76. The Bertz CT molecular complexity index is 659. The van der Waals surface area contributed by atoms with Crippen molar-refractivity contribution in [2.75, 3.05) is 0 Å². The first-order valence-electron chi connectivity index (χ1n) is 9.66. The molecule has 0 amide bonds. The van der Waals surface area contributed by atoms with E-state index in [-0.39, 0.29) is 25.2 Å². The van der Waals surface area contributed by atoms with Gasteiger partial charge >= 0.3 is 0 Å². The Morgan fingerprint density at radius 3 is 2.23 bits per heavy atom. The first-order chi connectivity index (χ1) is 11.8. The Hall–Kier alpha value is -0.500. The molecule has 4 rings (SSSR count). The summed E-state index contributed by atoms with van der Waals surface area (Å²) in [4.78, 5) is 0. The fraction of sp³-hybridized carbons (Fsp3) is 0.900. The summed E-state index contributed by atoms with van der Waals surface area (Å²) in [5.41, 5.74) is -6.09. The van der Waals surface area contributed by atoms with Crippen LogP contribution in [-0.2, 0) is 0 Å². The van der Waals surface area contributed by atoms with E-state index in [4.69, 9.17) is 0 Å². The highest BCUT2D eigenvalue weighted by atomic mass is 16.4. The molecule has 2 bridgehead atoms. The van der Waals surface area contributed by atoms with Crippen molar-refractivity contribution >= 4 is 0 Å². The molecule has 0 radical (unpaired) electrons. The molecule has 0 heterocycles. The standard InChI is InChI=1S/C20H32O6/c1-10-12-7-13(21)16(2,3)20(12,26)14(22)8-18-9-17(4,24)11(15(18)23)5-6-19(10,18)25/h11-15,21-26H,1,5-9H2,2-4H3/t11-,12+,13+,14-,15-,17-,18-,19+,20+/m1/s1. The topological polar surface area (TPSA) is 121 Å². The second-order valence-corrected chi connectivity index (χ2v) is 10.2. The molecule has 4 aliphatic carbocycles. The molecular weight excluding hydrogens is 336 g/mol. The predicted octanol–water partition coefficient (Wildman–Crippen LogP) is 0.0884. The quantitative estimate of drug-likeness (QED) is 0.337. The van der Waals surface area contributed by atoms with Gasteiger partial charge in [0, 0.05) is 22.7 Å². The lowest BCUT2D eigenvalue weighted by Gasteiger charge is -2.51. The maximum atomic E-state index is 11.8. The smallest absolute Gasteiger partial charge is 0.105 e. The van der Waals surface area contributed by atoms with Gasteiger partial charge in [-0.2, -0.15) is 0 Å². The van der Waals surface area contributed by atoms with Crippen molar-refractivity contribution in [2.24, 2.45) is 22.7 Å². The van der Waals surface area contributed by atoms with Gasteiger partial charge in [0.2, 0.25) is 0 Å². The highest BCUT2D eigenvalue weighted by Crippen LogP contribution is 2.69. The van der Waals surface area contributed by atoms with Gasteiger partial charge in [-0.25, -0.2) is 0 Å². The van der Waals surface area contributed by atoms with Gasteiger partial charge in [0.25, 0.3) is 0 Å². The van der Waals surface area contributed by atoms with Crippen LogP contribution in [-0.4, -0.2) is 65.8 Å². The zero-order valence-corrected chi connectivity index (χ0v) is 15.8. The van der Waals surface area contributed by atoms with Crippen molar-refractivity contribution in [3.8, 4) is 0 Å². The lowest BCUT2D eigenvalue weighted by atomic mass is 9.58. The van der Waals surface area contributed by atoms with E-state index in [1.165, 1.54) is 0 Å². The second-order valence-electron chi connectivity index (χ2n) is 10.2. The molecular formula is C20H32O6. The van der Waals surface area contributed by atoms with Gasteiger partial charge in [-0.05, 0) is 44.6 Å². The normalized spacial score (nSPS) is 61.1.